The van der Waals surface area contributed by atoms with Crippen LogP contribution in [0, 0.1) is 17.0 Å². The molecule has 8 nitrogen and oxygen atoms in total. The summed E-state index contributed by atoms with van der Waals surface area (Å²) in [5, 5.41) is 14.8. The SMILES string of the molecule is Cc1c(CNc2ncc([N+](=O)[O-])c(N3CCCCCC3)n2)cccc1-c1cccc(CN)c1. The van der Waals surface area contributed by atoms with Gasteiger partial charge in [0.25, 0.3) is 0 Å². The van der Waals surface area contributed by atoms with Gasteiger partial charge < -0.3 is 16.0 Å². The van der Waals surface area contributed by atoms with Crippen LogP contribution < -0.4 is 16.0 Å². The molecule has 0 bridgehead atoms. The first-order valence-electron chi connectivity index (χ1n) is 11.4. The molecule has 0 atom stereocenters. The lowest BCUT2D eigenvalue weighted by Crippen LogP contribution is -2.26. The van der Waals surface area contributed by atoms with E-state index in [1.54, 1.807) is 0 Å². The topological polar surface area (TPSA) is 110 Å². The standard InChI is InChI=1S/C25H30N6O2/c1-18-21(10-7-11-22(18)20-9-6-8-19(14-20)15-26)16-27-25-28-17-23(31(32)33)24(29-25)30-12-4-2-3-5-13-30/h6-11,14,17H,2-5,12-13,15-16,26H2,1H3,(H,27,28,29). The fourth-order valence-electron chi connectivity index (χ4n) is 4.32. The Labute approximate surface area is 194 Å². The average Bonchev–Trinajstić information content (AvgIpc) is 3.13. The molecule has 0 radical (unpaired) electrons. The first-order chi connectivity index (χ1) is 16.1. The molecule has 0 spiro atoms. The third-order valence-electron chi connectivity index (χ3n) is 6.21. The number of hydrogen-bond donors (Lipinski definition) is 2. The summed E-state index contributed by atoms with van der Waals surface area (Å²) in [5.41, 5.74) is 11.4. The lowest BCUT2D eigenvalue weighted by atomic mass is 9.95. The van der Waals surface area contributed by atoms with Gasteiger partial charge in [0.2, 0.25) is 11.8 Å². The van der Waals surface area contributed by atoms with Crippen molar-refractivity contribution in [2.45, 2.75) is 45.7 Å². The van der Waals surface area contributed by atoms with Gasteiger partial charge in [-0.25, -0.2) is 4.98 Å². The number of rotatable bonds is 7. The Balaban J connectivity index is 1.56. The minimum Gasteiger partial charge on any atom is -0.351 e. The Morgan fingerprint density at radius 2 is 1.88 bits per heavy atom. The lowest BCUT2D eigenvalue weighted by Gasteiger charge is -2.21. The number of benzene rings is 2. The van der Waals surface area contributed by atoms with E-state index in [0.717, 1.165) is 66.6 Å². The molecule has 0 amide bonds. The molecule has 1 fully saturated rings. The first-order valence-corrected chi connectivity index (χ1v) is 11.4. The maximum Gasteiger partial charge on any atom is 0.329 e. The minimum atomic E-state index is -0.396. The first kappa shape index (κ1) is 22.7. The van der Waals surface area contributed by atoms with E-state index < -0.39 is 4.92 Å². The third-order valence-corrected chi connectivity index (χ3v) is 6.21. The normalized spacial score (nSPS) is 14.1. The second kappa shape index (κ2) is 10.4. The smallest absolute Gasteiger partial charge is 0.329 e. The van der Waals surface area contributed by atoms with Crippen molar-refractivity contribution in [2.24, 2.45) is 5.73 Å². The zero-order valence-corrected chi connectivity index (χ0v) is 19.0. The highest BCUT2D eigenvalue weighted by Gasteiger charge is 2.23. The minimum absolute atomic E-state index is 0.0413. The summed E-state index contributed by atoms with van der Waals surface area (Å²) in [6.07, 6.45) is 5.63. The second-order valence-corrected chi connectivity index (χ2v) is 8.41. The zero-order chi connectivity index (χ0) is 23.2. The Bertz CT molecular complexity index is 1130. The molecule has 2 heterocycles. The van der Waals surface area contributed by atoms with E-state index in [4.69, 9.17) is 5.73 Å². The molecule has 1 aliphatic heterocycles. The molecule has 0 aliphatic carbocycles. The average molecular weight is 447 g/mol. The molecule has 33 heavy (non-hydrogen) atoms. The number of nitrogens with two attached hydrogens (primary N) is 1. The molecule has 1 aliphatic rings. The van der Waals surface area contributed by atoms with Gasteiger partial charge in [-0.05, 0) is 53.6 Å². The molecule has 1 saturated heterocycles. The molecular weight excluding hydrogens is 416 g/mol. The fraction of sp³-hybridized carbons (Fsp3) is 0.360. The van der Waals surface area contributed by atoms with E-state index in [2.05, 4.69) is 46.5 Å². The van der Waals surface area contributed by atoms with Crippen molar-refractivity contribution in [3.05, 3.63) is 75.5 Å². The van der Waals surface area contributed by atoms with Crippen LogP contribution in [0.15, 0.2) is 48.7 Å². The third kappa shape index (κ3) is 5.28. The maximum atomic E-state index is 11.6. The van der Waals surface area contributed by atoms with Gasteiger partial charge in [-0.1, -0.05) is 49.2 Å². The van der Waals surface area contributed by atoms with Crippen molar-refractivity contribution in [1.29, 1.82) is 0 Å². The quantitative estimate of drug-likeness (QED) is 0.396. The largest absolute Gasteiger partial charge is 0.351 e. The van der Waals surface area contributed by atoms with E-state index in [0.29, 0.717) is 24.9 Å². The molecule has 0 unspecified atom stereocenters. The summed E-state index contributed by atoms with van der Waals surface area (Å²) in [5.74, 6) is 0.804. The highest BCUT2D eigenvalue weighted by Crippen LogP contribution is 2.29. The predicted molar refractivity (Wildman–Crippen MR) is 131 cm³/mol. The molecule has 1 aromatic heterocycles. The van der Waals surface area contributed by atoms with Crippen LogP contribution in [0.25, 0.3) is 11.1 Å². The Kier molecular flexibility index (Phi) is 7.14. The Morgan fingerprint density at radius 1 is 1.12 bits per heavy atom. The molecular formula is C25H30N6O2. The predicted octanol–water partition coefficient (Wildman–Crippen LogP) is 4.81. The molecule has 3 N–H and O–H groups in total. The summed E-state index contributed by atoms with van der Waals surface area (Å²) in [4.78, 5) is 22.0. The van der Waals surface area contributed by atoms with Gasteiger partial charge in [0.05, 0.1) is 4.92 Å². The van der Waals surface area contributed by atoms with Crippen molar-refractivity contribution >= 4 is 17.5 Å². The second-order valence-electron chi connectivity index (χ2n) is 8.41. The van der Waals surface area contributed by atoms with Crippen LogP contribution in [0.4, 0.5) is 17.5 Å². The number of nitrogens with zero attached hydrogens (tertiary/aromatic N) is 4. The van der Waals surface area contributed by atoms with E-state index >= 15 is 0 Å². The lowest BCUT2D eigenvalue weighted by molar-refractivity contribution is -0.384. The molecule has 8 heteroatoms. The summed E-state index contributed by atoms with van der Waals surface area (Å²) >= 11 is 0. The van der Waals surface area contributed by atoms with E-state index in [-0.39, 0.29) is 5.69 Å². The van der Waals surface area contributed by atoms with Gasteiger partial charge in [0.15, 0.2) is 0 Å². The number of nitrogens with one attached hydrogen (secondary N) is 1. The number of aromatic nitrogens is 2. The van der Waals surface area contributed by atoms with Gasteiger partial charge in [0.1, 0.15) is 6.20 Å². The van der Waals surface area contributed by atoms with Crippen molar-refractivity contribution in [1.82, 2.24) is 9.97 Å². The molecule has 172 valence electrons. The molecule has 4 rings (SSSR count). The Hall–Kier alpha value is -3.52. The molecule has 2 aromatic carbocycles. The van der Waals surface area contributed by atoms with Gasteiger partial charge in [0, 0.05) is 26.2 Å². The van der Waals surface area contributed by atoms with Gasteiger partial charge in [-0.3, -0.25) is 10.1 Å². The molecule has 0 saturated carbocycles. The van der Waals surface area contributed by atoms with Crippen LogP contribution in [0.2, 0.25) is 0 Å². The van der Waals surface area contributed by atoms with Gasteiger partial charge in [-0.15, -0.1) is 0 Å². The number of nitro groups is 1. The Morgan fingerprint density at radius 3 is 2.61 bits per heavy atom. The van der Waals surface area contributed by atoms with E-state index in [1.807, 2.05) is 23.1 Å². The van der Waals surface area contributed by atoms with Crippen LogP contribution >= 0.6 is 0 Å². The van der Waals surface area contributed by atoms with Crippen LogP contribution in [0.5, 0.6) is 0 Å². The van der Waals surface area contributed by atoms with E-state index in [9.17, 15) is 10.1 Å². The van der Waals surface area contributed by atoms with Crippen LogP contribution in [-0.2, 0) is 13.1 Å². The highest BCUT2D eigenvalue weighted by atomic mass is 16.6. The number of anilines is 2. The van der Waals surface area contributed by atoms with Gasteiger partial charge >= 0.3 is 5.69 Å². The zero-order valence-electron chi connectivity index (χ0n) is 19.0. The summed E-state index contributed by atoms with van der Waals surface area (Å²) in [7, 11) is 0. The van der Waals surface area contributed by atoms with Crippen LogP contribution in [0.3, 0.4) is 0 Å². The molecule has 3 aromatic rings. The van der Waals surface area contributed by atoms with Crippen molar-refractivity contribution in [2.75, 3.05) is 23.3 Å². The van der Waals surface area contributed by atoms with Crippen LogP contribution in [0.1, 0.15) is 42.4 Å². The van der Waals surface area contributed by atoms with E-state index in [1.165, 1.54) is 6.20 Å². The van der Waals surface area contributed by atoms with Crippen molar-refractivity contribution < 1.29 is 4.92 Å². The summed E-state index contributed by atoms with van der Waals surface area (Å²) < 4.78 is 0. The summed E-state index contributed by atoms with van der Waals surface area (Å²) in [6, 6.07) is 14.5. The monoisotopic (exact) mass is 446 g/mol. The highest BCUT2D eigenvalue weighted by molar-refractivity contribution is 5.69. The maximum absolute atomic E-state index is 11.6. The van der Waals surface area contributed by atoms with Crippen molar-refractivity contribution in [3.63, 3.8) is 0 Å². The van der Waals surface area contributed by atoms with Crippen LogP contribution in [-0.4, -0.2) is 28.0 Å². The van der Waals surface area contributed by atoms with Crippen molar-refractivity contribution in [3.8, 4) is 11.1 Å². The fourth-order valence-corrected chi connectivity index (χ4v) is 4.32. The van der Waals surface area contributed by atoms with Gasteiger partial charge in [-0.2, -0.15) is 4.98 Å². The number of hydrogen-bond acceptors (Lipinski definition) is 7. The summed E-state index contributed by atoms with van der Waals surface area (Å²) in [6.45, 7) is 4.68.